The molecular formula is C14H15FN2OS. The number of nitrogens with two attached hydrogens (primary N) is 1. The summed E-state index contributed by atoms with van der Waals surface area (Å²) in [5.74, 6) is -0.939. The van der Waals surface area contributed by atoms with Crippen molar-refractivity contribution in [1.82, 2.24) is 5.32 Å². The molecule has 19 heavy (non-hydrogen) atoms. The fourth-order valence-electron chi connectivity index (χ4n) is 1.81. The summed E-state index contributed by atoms with van der Waals surface area (Å²) >= 11 is 1.61. The van der Waals surface area contributed by atoms with Crippen LogP contribution in [0, 0.1) is 12.7 Å². The molecule has 1 aromatic carbocycles. The number of nitrogens with one attached hydrogen (secondary N) is 1. The second kappa shape index (κ2) is 5.84. The number of amides is 1. The summed E-state index contributed by atoms with van der Waals surface area (Å²) in [5, 5.41) is 6.71. The highest BCUT2D eigenvalue weighted by atomic mass is 32.1. The zero-order valence-corrected chi connectivity index (χ0v) is 11.4. The van der Waals surface area contributed by atoms with Gasteiger partial charge in [0.05, 0.1) is 5.56 Å². The second-order valence-electron chi connectivity index (χ2n) is 4.34. The van der Waals surface area contributed by atoms with Gasteiger partial charge in [0.1, 0.15) is 5.82 Å². The first-order chi connectivity index (χ1) is 9.08. The lowest BCUT2D eigenvalue weighted by atomic mass is 10.1. The van der Waals surface area contributed by atoms with Crippen LogP contribution < -0.4 is 11.1 Å². The number of thiophene rings is 1. The van der Waals surface area contributed by atoms with Crippen LogP contribution in [0.5, 0.6) is 0 Å². The van der Waals surface area contributed by atoms with Crippen molar-refractivity contribution in [2.24, 2.45) is 0 Å². The van der Waals surface area contributed by atoms with E-state index in [1.165, 1.54) is 12.1 Å². The Bertz CT molecular complexity index is 581. The van der Waals surface area contributed by atoms with Gasteiger partial charge in [0.15, 0.2) is 0 Å². The summed E-state index contributed by atoms with van der Waals surface area (Å²) in [6.45, 7) is 2.07. The van der Waals surface area contributed by atoms with Gasteiger partial charge in [0.2, 0.25) is 0 Å². The normalized spacial score (nSPS) is 10.4. The van der Waals surface area contributed by atoms with Crippen LogP contribution in [0.4, 0.5) is 10.1 Å². The molecule has 3 N–H and O–H groups in total. The maximum absolute atomic E-state index is 13.8. The summed E-state index contributed by atoms with van der Waals surface area (Å²) in [5.41, 5.74) is 7.56. The predicted octanol–water partition coefficient (Wildman–Crippen LogP) is 2.75. The van der Waals surface area contributed by atoms with Crippen LogP contribution in [0.3, 0.4) is 0 Å². The number of hydrogen-bond donors (Lipinski definition) is 2. The summed E-state index contributed by atoms with van der Waals surface area (Å²) in [6, 6.07) is 4.88. The van der Waals surface area contributed by atoms with Gasteiger partial charge in [-0.1, -0.05) is 0 Å². The maximum atomic E-state index is 13.8. The van der Waals surface area contributed by atoms with Gasteiger partial charge < -0.3 is 11.1 Å². The van der Waals surface area contributed by atoms with Gasteiger partial charge in [-0.25, -0.2) is 4.39 Å². The van der Waals surface area contributed by atoms with Gasteiger partial charge in [-0.3, -0.25) is 4.79 Å². The lowest BCUT2D eigenvalue weighted by Crippen LogP contribution is -2.26. The molecule has 2 rings (SSSR count). The molecule has 0 aliphatic carbocycles. The topological polar surface area (TPSA) is 55.1 Å². The largest absolute Gasteiger partial charge is 0.399 e. The van der Waals surface area contributed by atoms with Gasteiger partial charge in [-0.05, 0) is 53.4 Å². The highest BCUT2D eigenvalue weighted by Gasteiger charge is 2.14. The number of carbonyl (C=O) groups excluding carboxylic acids is 1. The van der Waals surface area contributed by atoms with E-state index in [9.17, 15) is 9.18 Å². The molecule has 0 aliphatic rings. The third-order valence-electron chi connectivity index (χ3n) is 2.80. The van der Waals surface area contributed by atoms with Crippen LogP contribution in [0.25, 0.3) is 0 Å². The Kier molecular flexibility index (Phi) is 4.16. The van der Waals surface area contributed by atoms with Crippen LogP contribution >= 0.6 is 11.3 Å². The van der Waals surface area contributed by atoms with E-state index < -0.39 is 11.7 Å². The molecule has 1 heterocycles. The molecule has 0 unspecified atom stereocenters. The first kappa shape index (κ1) is 13.5. The number of aryl methyl sites for hydroxylation is 1. The summed E-state index contributed by atoms with van der Waals surface area (Å²) in [4.78, 5) is 11.9. The molecular weight excluding hydrogens is 263 g/mol. The second-order valence-corrected chi connectivity index (χ2v) is 5.12. The molecule has 1 amide bonds. The highest BCUT2D eigenvalue weighted by molar-refractivity contribution is 7.07. The summed E-state index contributed by atoms with van der Waals surface area (Å²) in [7, 11) is 0. The van der Waals surface area contributed by atoms with Crippen molar-refractivity contribution in [3.63, 3.8) is 0 Å². The Morgan fingerprint density at radius 3 is 2.95 bits per heavy atom. The van der Waals surface area contributed by atoms with E-state index in [0.29, 0.717) is 17.8 Å². The van der Waals surface area contributed by atoms with Crippen molar-refractivity contribution in [3.05, 3.63) is 51.5 Å². The smallest absolute Gasteiger partial charge is 0.254 e. The van der Waals surface area contributed by atoms with Crippen LogP contribution in [-0.2, 0) is 6.42 Å². The lowest BCUT2D eigenvalue weighted by molar-refractivity contribution is 0.0950. The fraction of sp³-hybridized carbons (Fsp3) is 0.214. The molecule has 0 aliphatic heterocycles. The molecule has 5 heteroatoms. The number of anilines is 1. The highest BCUT2D eigenvalue weighted by Crippen LogP contribution is 2.17. The average Bonchev–Trinajstić information content (AvgIpc) is 2.86. The van der Waals surface area contributed by atoms with E-state index in [4.69, 9.17) is 5.73 Å². The van der Waals surface area contributed by atoms with E-state index in [1.807, 2.05) is 16.8 Å². The van der Waals surface area contributed by atoms with Crippen LogP contribution in [0.1, 0.15) is 21.5 Å². The number of nitrogen functional groups attached to an aromatic ring is 1. The Morgan fingerprint density at radius 2 is 2.26 bits per heavy atom. The quantitative estimate of drug-likeness (QED) is 0.845. The first-order valence-electron chi connectivity index (χ1n) is 5.93. The summed E-state index contributed by atoms with van der Waals surface area (Å²) < 4.78 is 13.8. The molecule has 100 valence electrons. The van der Waals surface area contributed by atoms with Crippen molar-refractivity contribution in [2.75, 3.05) is 12.3 Å². The number of rotatable bonds is 4. The van der Waals surface area contributed by atoms with E-state index in [2.05, 4.69) is 5.32 Å². The third kappa shape index (κ3) is 3.32. The van der Waals surface area contributed by atoms with Gasteiger partial charge in [0, 0.05) is 12.2 Å². The number of benzene rings is 1. The van der Waals surface area contributed by atoms with Crippen molar-refractivity contribution in [2.45, 2.75) is 13.3 Å². The SMILES string of the molecule is Cc1cc(N)cc(C(=O)NCCc2ccsc2)c1F. The van der Waals surface area contributed by atoms with Gasteiger partial charge in [-0.2, -0.15) is 11.3 Å². The Morgan fingerprint density at radius 1 is 1.47 bits per heavy atom. The summed E-state index contributed by atoms with van der Waals surface area (Å²) in [6.07, 6.45) is 0.734. The molecule has 0 bridgehead atoms. The molecule has 0 saturated carbocycles. The van der Waals surface area contributed by atoms with Crippen molar-refractivity contribution in [3.8, 4) is 0 Å². The average molecular weight is 278 g/mol. The number of hydrogen-bond acceptors (Lipinski definition) is 3. The fourth-order valence-corrected chi connectivity index (χ4v) is 2.52. The van der Waals surface area contributed by atoms with Gasteiger partial charge in [-0.15, -0.1) is 0 Å². The van der Waals surface area contributed by atoms with Gasteiger partial charge >= 0.3 is 0 Å². The molecule has 0 radical (unpaired) electrons. The molecule has 3 nitrogen and oxygen atoms in total. The zero-order valence-electron chi connectivity index (χ0n) is 10.6. The minimum atomic E-state index is -0.512. The van der Waals surface area contributed by atoms with Crippen molar-refractivity contribution in [1.29, 1.82) is 0 Å². The van der Waals surface area contributed by atoms with E-state index in [1.54, 1.807) is 18.3 Å². The van der Waals surface area contributed by atoms with Crippen molar-refractivity contribution >= 4 is 22.9 Å². The minimum Gasteiger partial charge on any atom is -0.399 e. The van der Waals surface area contributed by atoms with E-state index in [-0.39, 0.29) is 5.56 Å². The zero-order chi connectivity index (χ0) is 13.8. The third-order valence-corrected chi connectivity index (χ3v) is 3.53. The van der Waals surface area contributed by atoms with Crippen LogP contribution in [0.15, 0.2) is 29.0 Å². The molecule has 1 aromatic heterocycles. The Labute approximate surface area is 115 Å². The Hall–Kier alpha value is -1.88. The lowest BCUT2D eigenvalue weighted by Gasteiger charge is -2.08. The van der Waals surface area contributed by atoms with E-state index in [0.717, 1.165) is 12.0 Å². The predicted molar refractivity (Wildman–Crippen MR) is 75.9 cm³/mol. The molecule has 2 aromatic rings. The molecule has 0 fully saturated rings. The molecule has 0 saturated heterocycles. The standard InChI is InChI=1S/C14H15FN2OS/c1-9-6-11(16)7-12(13(9)15)14(18)17-4-2-10-3-5-19-8-10/h3,5-8H,2,4,16H2,1H3,(H,17,18). The van der Waals surface area contributed by atoms with Gasteiger partial charge in [0.25, 0.3) is 5.91 Å². The van der Waals surface area contributed by atoms with Crippen LogP contribution in [-0.4, -0.2) is 12.5 Å². The molecule has 0 atom stereocenters. The molecule has 0 spiro atoms. The monoisotopic (exact) mass is 278 g/mol. The minimum absolute atomic E-state index is 0.00261. The van der Waals surface area contributed by atoms with Crippen LogP contribution in [0.2, 0.25) is 0 Å². The number of carbonyl (C=O) groups is 1. The maximum Gasteiger partial charge on any atom is 0.254 e. The van der Waals surface area contributed by atoms with Crippen molar-refractivity contribution < 1.29 is 9.18 Å². The van der Waals surface area contributed by atoms with E-state index >= 15 is 0 Å². The first-order valence-corrected chi connectivity index (χ1v) is 6.87. The number of halogens is 1. The Balaban J connectivity index is 2.00.